The van der Waals surface area contributed by atoms with E-state index < -0.39 is 0 Å². The van der Waals surface area contributed by atoms with Gasteiger partial charge in [0.25, 0.3) is 0 Å². The molecule has 2 rings (SSSR count). The molecule has 1 saturated carbocycles. The highest BCUT2D eigenvalue weighted by atomic mass is 19.1. The van der Waals surface area contributed by atoms with E-state index in [1.807, 2.05) is 6.92 Å². The van der Waals surface area contributed by atoms with Gasteiger partial charge in [-0.3, -0.25) is 0 Å². The summed E-state index contributed by atoms with van der Waals surface area (Å²) < 4.78 is 18.9. The lowest BCUT2D eigenvalue weighted by atomic mass is 10.1. The summed E-state index contributed by atoms with van der Waals surface area (Å²) in [6.07, 6.45) is 5.03. The number of ether oxygens (including phenoxy) is 1. The van der Waals surface area contributed by atoms with E-state index in [9.17, 15) is 4.39 Å². The van der Waals surface area contributed by atoms with Crippen LogP contribution in [0, 0.1) is 11.7 Å². The van der Waals surface area contributed by atoms with Gasteiger partial charge in [0.2, 0.25) is 0 Å². The van der Waals surface area contributed by atoms with Gasteiger partial charge < -0.3 is 10.5 Å². The van der Waals surface area contributed by atoms with Gasteiger partial charge in [-0.1, -0.05) is 18.9 Å². The number of hydrogen-bond acceptors (Lipinski definition) is 2. The molecule has 1 aliphatic carbocycles. The van der Waals surface area contributed by atoms with Crippen molar-refractivity contribution in [2.45, 2.75) is 38.6 Å². The zero-order chi connectivity index (χ0) is 12.3. The Bertz CT molecular complexity index is 372. The molecule has 3 heteroatoms. The minimum absolute atomic E-state index is 0.130. The molecule has 94 valence electrons. The van der Waals surface area contributed by atoms with E-state index in [1.54, 1.807) is 6.07 Å². The van der Waals surface area contributed by atoms with Crippen molar-refractivity contribution >= 4 is 0 Å². The summed E-state index contributed by atoms with van der Waals surface area (Å²) in [6, 6.07) is 4.45. The number of benzene rings is 1. The van der Waals surface area contributed by atoms with Crippen LogP contribution in [0.15, 0.2) is 18.2 Å². The Kier molecular flexibility index (Phi) is 4.00. The second kappa shape index (κ2) is 5.50. The second-order valence-corrected chi connectivity index (χ2v) is 4.93. The average molecular weight is 237 g/mol. The standard InChI is InChI=1S/C14H20FNO/c1-10(16)13-7-6-12(15)8-14(13)17-9-11-4-2-3-5-11/h6-8,10-11H,2-5,9,16H2,1H3/t10-/m0/s1. The first-order valence-corrected chi connectivity index (χ1v) is 6.34. The minimum Gasteiger partial charge on any atom is -0.493 e. The van der Waals surface area contributed by atoms with Crippen molar-refractivity contribution in [3.05, 3.63) is 29.6 Å². The fraction of sp³-hybridized carbons (Fsp3) is 0.571. The Balaban J connectivity index is 2.04. The molecular weight excluding hydrogens is 217 g/mol. The van der Waals surface area contributed by atoms with Crippen LogP contribution in [0.5, 0.6) is 5.75 Å². The molecule has 17 heavy (non-hydrogen) atoms. The third-order valence-electron chi connectivity index (χ3n) is 3.42. The zero-order valence-corrected chi connectivity index (χ0v) is 10.3. The Morgan fingerprint density at radius 1 is 1.41 bits per heavy atom. The van der Waals surface area contributed by atoms with E-state index in [-0.39, 0.29) is 11.9 Å². The molecule has 0 aliphatic heterocycles. The molecule has 0 spiro atoms. The molecule has 0 amide bonds. The smallest absolute Gasteiger partial charge is 0.126 e. The SMILES string of the molecule is C[C@H](N)c1ccc(F)cc1OCC1CCCC1. The normalized spacial score (nSPS) is 18.3. The van der Waals surface area contributed by atoms with E-state index in [0.717, 1.165) is 5.56 Å². The Hall–Kier alpha value is -1.09. The molecule has 2 N–H and O–H groups in total. The summed E-state index contributed by atoms with van der Waals surface area (Å²) in [6.45, 7) is 2.57. The highest BCUT2D eigenvalue weighted by molar-refractivity contribution is 5.36. The monoisotopic (exact) mass is 237 g/mol. The number of halogens is 1. The Labute approximate surface area is 102 Å². The fourth-order valence-corrected chi connectivity index (χ4v) is 2.39. The molecule has 0 heterocycles. The number of nitrogens with two attached hydrogens (primary N) is 1. The van der Waals surface area contributed by atoms with Crippen molar-refractivity contribution in [2.75, 3.05) is 6.61 Å². The molecular formula is C14H20FNO. The number of rotatable bonds is 4. The quantitative estimate of drug-likeness (QED) is 0.871. The van der Waals surface area contributed by atoms with E-state index in [1.165, 1.54) is 37.8 Å². The molecule has 1 atom stereocenters. The van der Waals surface area contributed by atoms with Gasteiger partial charge in [-0.2, -0.15) is 0 Å². The van der Waals surface area contributed by atoms with Gasteiger partial charge in [-0.05, 0) is 31.7 Å². The Morgan fingerprint density at radius 3 is 2.76 bits per heavy atom. The third kappa shape index (κ3) is 3.19. The first kappa shape index (κ1) is 12.4. The van der Waals surface area contributed by atoms with Gasteiger partial charge in [0.1, 0.15) is 11.6 Å². The van der Waals surface area contributed by atoms with Gasteiger partial charge in [0.05, 0.1) is 6.61 Å². The van der Waals surface area contributed by atoms with Crippen LogP contribution in [0.4, 0.5) is 4.39 Å². The van der Waals surface area contributed by atoms with Crippen LogP contribution >= 0.6 is 0 Å². The second-order valence-electron chi connectivity index (χ2n) is 4.93. The summed E-state index contributed by atoms with van der Waals surface area (Å²) in [5, 5.41) is 0. The lowest BCUT2D eigenvalue weighted by Crippen LogP contribution is -2.12. The first-order valence-electron chi connectivity index (χ1n) is 6.34. The molecule has 0 aromatic heterocycles. The molecule has 0 bridgehead atoms. The predicted octanol–water partition coefficient (Wildman–Crippen LogP) is 3.41. The molecule has 0 unspecified atom stereocenters. The van der Waals surface area contributed by atoms with Gasteiger partial charge in [0.15, 0.2) is 0 Å². The highest BCUT2D eigenvalue weighted by Gasteiger charge is 2.17. The van der Waals surface area contributed by atoms with Crippen LogP contribution in [0.2, 0.25) is 0 Å². The lowest BCUT2D eigenvalue weighted by molar-refractivity contribution is 0.248. The summed E-state index contributed by atoms with van der Waals surface area (Å²) in [4.78, 5) is 0. The summed E-state index contributed by atoms with van der Waals surface area (Å²) >= 11 is 0. The molecule has 1 aromatic rings. The summed E-state index contributed by atoms with van der Waals surface area (Å²) in [5.74, 6) is 0.960. The van der Waals surface area contributed by atoms with E-state index in [4.69, 9.17) is 10.5 Å². The van der Waals surface area contributed by atoms with E-state index in [2.05, 4.69) is 0 Å². The number of hydrogen-bond donors (Lipinski definition) is 1. The molecule has 0 saturated heterocycles. The van der Waals surface area contributed by atoms with Crippen LogP contribution in [-0.2, 0) is 0 Å². The third-order valence-corrected chi connectivity index (χ3v) is 3.42. The topological polar surface area (TPSA) is 35.2 Å². The molecule has 1 aromatic carbocycles. The molecule has 1 fully saturated rings. The van der Waals surface area contributed by atoms with Gasteiger partial charge in [-0.25, -0.2) is 4.39 Å². The van der Waals surface area contributed by atoms with E-state index in [0.29, 0.717) is 18.3 Å². The highest BCUT2D eigenvalue weighted by Crippen LogP contribution is 2.29. The maximum absolute atomic E-state index is 13.2. The van der Waals surface area contributed by atoms with E-state index >= 15 is 0 Å². The van der Waals surface area contributed by atoms with Crippen LogP contribution in [0.25, 0.3) is 0 Å². The van der Waals surface area contributed by atoms with Crippen molar-refractivity contribution < 1.29 is 9.13 Å². The van der Waals surface area contributed by atoms with Crippen LogP contribution < -0.4 is 10.5 Å². The van der Waals surface area contributed by atoms with Crippen molar-refractivity contribution in [1.82, 2.24) is 0 Å². The van der Waals surface area contributed by atoms with Crippen molar-refractivity contribution in [3.8, 4) is 5.75 Å². The fourth-order valence-electron chi connectivity index (χ4n) is 2.39. The molecule has 0 radical (unpaired) electrons. The van der Waals surface area contributed by atoms with Crippen LogP contribution in [0.1, 0.15) is 44.2 Å². The van der Waals surface area contributed by atoms with Crippen LogP contribution in [-0.4, -0.2) is 6.61 Å². The minimum atomic E-state index is -0.268. The lowest BCUT2D eigenvalue weighted by Gasteiger charge is -2.16. The van der Waals surface area contributed by atoms with Crippen molar-refractivity contribution in [2.24, 2.45) is 11.7 Å². The van der Waals surface area contributed by atoms with Gasteiger partial charge in [0, 0.05) is 17.7 Å². The van der Waals surface area contributed by atoms with Crippen LogP contribution in [0.3, 0.4) is 0 Å². The predicted molar refractivity (Wildman–Crippen MR) is 66.5 cm³/mol. The Morgan fingerprint density at radius 2 is 2.12 bits per heavy atom. The molecule has 2 nitrogen and oxygen atoms in total. The maximum atomic E-state index is 13.2. The van der Waals surface area contributed by atoms with Crippen molar-refractivity contribution in [3.63, 3.8) is 0 Å². The van der Waals surface area contributed by atoms with Gasteiger partial charge in [-0.15, -0.1) is 0 Å². The van der Waals surface area contributed by atoms with Crippen molar-refractivity contribution in [1.29, 1.82) is 0 Å². The largest absolute Gasteiger partial charge is 0.493 e. The first-order chi connectivity index (χ1) is 8.16. The van der Waals surface area contributed by atoms with Gasteiger partial charge >= 0.3 is 0 Å². The summed E-state index contributed by atoms with van der Waals surface area (Å²) in [7, 11) is 0. The molecule has 1 aliphatic rings. The summed E-state index contributed by atoms with van der Waals surface area (Å²) in [5.41, 5.74) is 6.72. The average Bonchev–Trinajstić information content (AvgIpc) is 2.78. The maximum Gasteiger partial charge on any atom is 0.126 e. The zero-order valence-electron chi connectivity index (χ0n) is 10.3.